The summed E-state index contributed by atoms with van der Waals surface area (Å²) in [4.78, 5) is 10.5. The molecule has 0 spiro atoms. The number of nitrogens with zero attached hydrogens (tertiary/aromatic N) is 1. The van der Waals surface area contributed by atoms with Crippen LogP contribution in [0.5, 0.6) is 0 Å². The van der Waals surface area contributed by atoms with E-state index in [9.17, 15) is 4.79 Å². The molecule has 58 valence electrons. The van der Waals surface area contributed by atoms with Crippen LogP contribution < -0.4 is 5.32 Å². The quantitative estimate of drug-likeness (QED) is 0.420. The van der Waals surface area contributed by atoms with E-state index in [-0.39, 0.29) is 5.54 Å². The van der Waals surface area contributed by atoms with Crippen molar-refractivity contribution in [2.75, 3.05) is 19.6 Å². The van der Waals surface area contributed by atoms with Crippen LogP contribution in [0, 0.1) is 0 Å². The molecule has 10 heavy (non-hydrogen) atoms. The van der Waals surface area contributed by atoms with Crippen LogP contribution >= 0.6 is 9.39 Å². The average molecular weight is 160 g/mol. The Morgan fingerprint density at radius 2 is 2.50 bits per heavy atom. The minimum absolute atomic E-state index is 0.333. The Morgan fingerprint density at radius 1 is 1.80 bits per heavy atom. The lowest BCUT2D eigenvalue weighted by Gasteiger charge is -2.35. The van der Waals surface area contributed by atoms with Gasteiger partial charge < -0.3 is 10.1 Å². The van der Waals surface area contributed by atoms with Crippen LogP contribution in [0.3, 0.4) is 0 Å². The Hall–Kier alpha value is 0.0200. The minimum atomic E-state index is -0.333. The molecule has 1 rings (SSSR count). The Bertz CT molecular complexity index is 142. The summed E-state index contributed by atoms with van der Waals surface area (Å²) in [6.07, 6.45) is 0.975. The fraction of sp³-hybridized carbons (Fsp3) is 0.833. The second kappa shape index (κ2) is 2.95. The Balaban J connectivity index is 2.53. The van der Waals surface area contributed by atoms with Crippen LogP contribution in [-0.4, -0.2) is 36.1 Å². The number of aldehydes is 1. The third-order valence-corrected chi connectivity index (χ3v) is 2.16. The molecular formula is C6H13N2OP. The molecule has 1 N–H and O–H groups in total. The fourth-order valence-corrected chi connectivity index (χ4v) is 1.63. The number of nitrogens with one attached hydrogen (secondary N) is 1. The highest BCUT2D eigenvalue weighted by atomic mass is 31.0. The Kier molecular flexibility index (Phi) is 2.40. The van der Waals surface area contributed by atoms with E-state index >= 15 is 0 Å². The second-order valence-corrected chi connectivity index (χ2v) is 3.66. The number of hydrogen-bond acceptors (Lipinski definition) is 3. The lowest BCUT2D eigenvalue weighted by Crippen LogP contribution is -2.57. The van der Waals surface area contributed by atoms with E-state index in [1.165, 1.54) is 0 Å². The van der Waals surface area contributed by atoms with E-state index < -0.39 is 0 Å². The SMILES string of the molecule is CC1(C=O)CN(P)CCN1. The summed E-state index contributed by atoms with van der Waals surface area (Å²) < 4.78 is 2.07. The maximum atomic E-state index is 10.5. The zero-order chi connectivity index (χ0) is 7.61. The normalized spacial score (nSPS) is 35.8. The molecule has 0 aliphatic carbocycles. The van der Waals surface area contributed by atoms with Gasteiger partial charge in [0.15, 0.2) is 0 Å². The highest BCUT2D eigenvalue weighted by Crippen LogP contribution is 2.11. The van der Waals surface area contributed by atoms with Crippen molar-refractivity contribution in [3.63, 3.8) is 0 Å². The lowest BCUT2D eigenvalue weighted by atomic mass is 10.0. The van der Waals surface area contributed by atoms with Gasteiger partial charge in [-0.1, -0.05) is 9.39 Å². The largest absolute Gasteiger partial charge is 0.303 e. The third kappa shape index (κ3) is 1.75. The first-order valence-corrected chi connectivity index (χ1v) is 3.89. The first-order valence-electron chi connectivity index (χ1n) is 3.37. The smallest absolute Gasteiger partial charge is 0.141 e. The van der Waals surface area contributed by atoms with Crippen molar-refractivity contribution in [3.8, 4) is 0 Å². The molecule has 2 unspecified atom stereocenters. The van der Waals surface area contributed by atoms with Gasteiger partial charge in [-0.25, -0.2) is 0 Å². The van der Waals surface area contributed by atoms with Gasteiger partial charge in [0.2, 0.25) is 0 Å². The van der Waals surface area contributed by atoms with Crippen molar-refractivity contribution in [1.29, 1.82) is 0 Å². The molecule has 1 fully saturated rings. The summed E-state index contributed by atoms with van der Waals surface area (Å²) >= 11 is 0. The van der Waals surface area contributed by atoms with Gasteiger partial charge in [-0.05, 0) is 6.92 Å². The van der Waals surface area contributed by atoms with Crippen molar-refractivity contribution in [2.24, 2.45) is 0 Å². The zero-order valence-corrected chi connectivity index (χ0v) is 7.29. The molecule has 0 radical (unpaired) electrons. The van der Waals surface area contributed by atoms with Gasteiger partial charge in [-0.3, -0.25) is 4.67 Å². The number of carbonyl (C=O) groups is 1. The standard InChI is InChI=1S/C6H13N2OP/c1-6(5-9)4-8(10)3-2-7-6/h5,7H,2-4,10H2,1H3. The maximum Gasteiger partial charge on any atom is 0.141 e. The number of carbonyl (C=O) groups excluding carboxylic acids is 1. The molecule has 1 heterocycles. The number of rotatable bonds is 1. The number of piperazine rings is 1. The van der Waals surface area contributed by atoms with Crippen LogP contribution in [0.4, 0.5) is 0 Å². The van der Waals surface area contributed by atoms with Crippen molar-refractivity contribution in [3.05, 3.63) is 0 Å². The van der Waals surface area contributed by atoms with Gasteiger partial charge in [-0.15, -0.1) is 0 Å². The van der Waals surface area contributed by atoms with Crippen molar-refractivity contribution in [1.82, 2.24) is 9.99 Å². The topological polar surface area (TPSA) is 32.3 Å². The fourth-order valence-electron chi connectivity index (χ4n) is 1.12. The van der Waals surface area contributed by atoms with E-state index in [4.69, 9.17) is 0 Å². The van der Waals surface area contributed by atoms with Crippen LogP contribution in [-0.2, 0) is 4.79 Å². The lowest BCUT2D eigenvalue weighted by molar-refractivity contribution is -0.113. The first kappa shape index (κ1) is 8.12. The predicted molar refractivity (Wildman–Crippen MR) is 43.8 cm³/mol. The summed E-state index contributed by atoms with van der Waals surface area (Å²) in [5.41, 5.74) is -0.333. The van der Waals surface area contributed by atoms with Gasteiger partial charge in [0.25, 0.3) is 0 Å². The number of hydrogen-bond donors (Lipinski definition) is 1. The van der Waals surface area contributed by atoms with Gasteiger partial charge in [0, 0.05) is 19.6 Å². The summed E-state index contributed by atoms with van der Waals surface area (Å²) in [6.45, 7) is 4.57. The van der Waals surface area contributed by atoms with Crippen molar-refractivity contribution >= 4 is 15.7 Å². The van der Waals surface area contributed by atoms with Gasteiger partial charge in [-0.2, -0.15) is 0 Å². The predicted octanol–water partition coefficient (Wildman–Crippen LogP) is -0.361. The minimum Gasteiger partial charge on any atom is -0.303 e. The van der Waals surface area contributed by atoms with E-state index in [1.807, 2.05) is 6.92 Å². The van der Waals surface area contributed by atoms with E-state index in [1.54, 1.807) is 0 Å². The summed E-state index contributed by atoms with van der Waals surface area (Å²) in [5.74, 6) is 0. The molecule has 0 saturated carbocycles. The summed E-state index contributed by atoms with van der Waals surface area (Å²) in [7, 11) is 2.61. The van der Waals surface area contributed by atoms with Crippen LogP contribution in [0.25, 0.3) is 0 Å². The molecule has 1 saturated heterocycles. The molecule has 0 aromatic rings. The Labute approximate surface area is 63.4 Å². The van der Waals surface area contributed by atoms with E-state index in [0.29, 0.717) is 0 Å². The molecule has 1 aliphatic rings. The summed E-state index contributed by atoms with van der Waals surface area (Å²) in [5, 5.41) is 3.15. The monoisotopic (exact) mass is 160 g/mol. The molecule has 0 amide bonds. The Morgan fingerprint density at radius 3 is 2.90 bits per heavy atom. The average Bonchev–Trinajstić information content (AvgIpc) is 1.88. The zero-order valence-electron chi connectivity index (χ0n) is 6.13. The molecule has 3 nitrogen and oxygen atoms in total. The van der Waals surface area contributed by atoms with Crippen LogP contribution in [0.1, 0.15) is 6.92 Å². The van der Waals surface area contributed by atoms with Crippen molar-refractivity contribution in [2.45, 2.75) is 12.5 Å². The van der Waals surface area contributed by atoms with Crippen LogP contribution in [0.15, 0.2) is 0 Å². The van der Waals surface area contributed by atoms with Gasteiger partial charge >= 0.3 is 0 Å². The molecule has 4 heteroatoms. The molecule has 0 bridgehead atoms. The van der Waals surface area contributed by atoms with Gasteiger partial charge in [0.1, 0.15) is 6.29 Å². The maximum absolute atomic E-state index is 10.5. The third-order valence-electron chi connectivity index (χ3n) is 1.72. The second-order valence-electron chi connectivity index (χ2n) is 2.93. The molecular weight excluding hydrogens is 147 g/mol. The van der Waals surface area contributed by atoms with Gasteiger partial charge in [0.05, 0.1) is 5.54 Å². The summed E-state index contributed by atoms with van der Waals surface area (Å²) in [6, 6.07) is 0. The highest BCUT2D eigenvalue weighted by Gasteiger charge is 2.27. The highest BCUT2D eigenvalue weighted by molar-refractivity contribution is 7.13. The van der Waals surface area contributed by atoms with Crippen LogP contribution in [0.2, 0.25) is 0 Å². The van der Waals surface area contributed by atoms with E-state index in [0.717, 1.165) is 25.9 Å². The molecule has 0 aromatic carbocycles. The molecule has 1 aliphatic heterocycles. The molecule has 0 aromatic heterocycles. The van der Waals surface area contributed by atoms with Crippen molar-refractivity contribution < 1.29 is 4.79 Å². The molecule has 2 atom stereocenters. The first-order chi connectivity index (χ1) is 4.66. The van der Waals surface area contributed by atoms with E-state index in [2.05, 4.69) is 19.4 Å².